The number of aromatic amines is 1. The van der Waals surface area contributed by atoms with Gasteiger partial charge < -0.3 is 9.88 Å². The summed E-state index contributed by atoms with van der Waals surface area (Å²) >= 11 is 0. The summed E-state index contributed by atoms with van der Waals surface area (Å²) in [5.74, 6) is -0.187. The van der Waals surface area contributed by atoms with E-state index in [1.165, 1.54) is 16.6 Å². The van der Waals surface area contributed by atoms with Crippen LogP contribution in [0.5, 0.6) is 0 Å². The molecule has 1 fully saturated rings. The SMILES string of the molecule is CCN(C)CC1CCN(S(=O)(=O)c2c[nH]c3cccc(F)c23)C1. The van der Waals surface area contributed by atoms with Crippen molar-refractivity contribution in [1.82, 2.24) is 14.2 Å². The number of aromatic nitrogens is 1. The van der Waals surface area contributed by atoms with Gasteiger partial charge in [0, 0.05) is 31.3 Å². The molecule has 3 rings (SSSR count). The molecule has 0 bridgehead atoms. The van der Waals surface area contributed by atoms with E-state index in [-0.39, 0.29) is 10.3 Å². The first-order chi connectivity index (χ1) is 10.9. The molecule has 23 heavy (non-hydrogen) atoms. The average Bonchev–Trinajstić information content (AvgIpc) is 3.15. The monoisotopic (exact) mass is 339 g/mol. The second-order valence-corrected chi connectivity index (χ2v) is 8.09. The van der Waals surface area contributed by atoms with E-state index in [4.69, 9.17) is 0 Å². The summed E-state index contributed by atoms with van der Waals surface area (Å²) in [5.41, 5.74) is 0.505. The Bertz CT molecular complexity index is 803. The fourth-order valence-corrected chi connectivity index (χ4v) is 4.89. The Balaban J connectivity index is 1.87. The summed E-state index contributed by atoms with van der Waals surface area (Å²) in [7, 11) is -1.64. The van der Waals surface area contributed by atoms with Crippen LogP contribution in [-0.4, -0.2) is 55.8 Å². The van der Waals surface area contributed by atoms with E-state index in [0.717, 1.165) is 19.5 Å². The first-order valence-electron chi connectivity index (χ1n) is 7.87. The highest BCUT2D eigenvalue weighted by Gasteiger charge is 2.34. The van der Waals surface area contributed by atoms with Gasteiger partial charge in [-0.05, 0) is 38.1 Å². The lowest BCUT2D eigenvalue weighted by molar-refractivity contribution is 0.293. The lowest BCUT2D eigenvalue weighted by atomic mass is 10.1. The number of nitrogens with one attached hydrogen (secondary N) is 1. The highest BCUT2D eigenvalue weighted by Crippen LogP contribution is 2.30. The number of fused-ring (bicyclic) bond motifs is 1. The molecule has 0 saturated carbocycles. The Morgan fingerprint density at radius 3 is 2.96 bits per heavy atom. The minimum atomic E-state index is -3.68. The first-order valence-corrected chi connectivity index (χ1v) is 9.31. The molecule has 7 heteroatoms. The average molecular weight is 339 g/mol. The fraction of sp³-hybridized carbons (Fsp3) is 0.500. The number of sulfonamides is 1. The summed E-state index contributed by atoms with van der Waals surface area (Å²) in [4.78, 5) is 5.08. The number of halogens is 1. The van der Waals surface area contributed by atoms with E-state index >= 15 is 0 Å². The zero-order valence-electron chi connectivity index (χ0n) is 13.4. The van der Waals surface area contributed by atoms with Crippen molar-refractivity contribution in [2.75, 3.05) is 33.2 Å². The number of H-pyrrole nitrogens is 1. The van der Waals surface area contributed by atoms with Crippen molar-refractivity contribution in [3.8, 4) is 0 Å². The van der Waals surface area contributed by atoms with Crippen LogP contribution in [0.15, 0.2) is 29.3 Å². The van der Waals surface area contributed by atoms with Crippen molar-refractivity contribution < 1.29 is 12.8 Å². The summed E-state index contributed by atoms with van der Waals surface area (Å²) < 4.78 is 41.3. The van der Waals surface area contributed by atoms with Gasteiger partial charge in [0.2, 0.25) is 10.0 Å². The van der Waals surface area contributed by atoms with Crippen molar-refractivity contribution >= 4 is 20.9 Å². The number of benzene rings is 1. The van der Waals surface area contributed by atoms with Crippen LogP contribution in [-0.2, 0) is 10.0 Å². The molecule has 1 aromatic carbocycles. The third kappa shape index (κ3) is 3.00. The molecule has 1 N–H and O–H groups in total. The minimum Gasteiger partial charge on any atom is -0.360 e. The standard InChI is InChI=1S/C16H22FN3O2S/c1-3-19(2)10-12-7-8-20(11-12)23(21,22)15-9-18-14-6-4-5-13(17)16(14)15/h4-6,9,12,18H,3,7-8,10-11H2,1-2H3. The molecule has 1 unspecified atom stereocenters. The van der Waals surface area contributed by atoms with Crippen molar-refractivity contribution in [3.05, 3.63) is 30.2 Å². The molecule has 2 heterocycles. The van der Waals surface area contributed by atoms with E-state index in [1.807, 2.05) is 7.05 Å². The van der Waals surface area contributed by atoms with Gasteiger partial charge in [-0.1, -0.05) is 13.0 Å². The van der Waals surface area contributed by atoms with Gasteiger partial charge in [-0.15, -0.1) is 0 Å². The van der Waals surface area contributed by atoms with E-state index in [2.05, 4.69) is 16.8 Å². The first kappa shape index (κ1) is 16.4. The van der Waals surface area contributed by atoms with Crippen LogP contribution in [0.3, 0.4) is 0 Å². The zero-order valence-corrected chi connectivity index (χ0v) is 14.2. The maximum Gasteiger partial charge on any atom is 0.245 e. The van der Waals surface area contributed by atoms with Crippen LogP contribution in [0.2, 0.25) is 0 Å². The maximum atomic E-state index is 14.1. The third-order valence-electron chi connectivity index (χ3n) is 4.59. The largest absolute Gasteiger partial charge is 0.360 e. The van der Waals surface area contributed by atoms with Crippen molar-refractivity contribution in [2.24, 2.45) is 5.92 Å². The van der Waals surface area contributed by atoms with Gasteiger partial charge in [-0.25, -0.2) is 12.8 Å². The molecule has 0 aliphatic carbocycles. The van der Waals surface area contributed by atoms with Gasteiger partial charge >= 0.3 is 0 Å². The molecule has 5 nitrogen and oxygen atoms in total. The predicted octanol–water partition coefficient (Wildman–Crippen LogP) is 2.27. The molecule has 1 aliphatic rings. The second kappa shape index (κ2) is 6.22. The zero-order chi connectivity index (χ0) is 16.6. The summed E-state index contributed by atoms with van der Waals surface area (Å²) in [5, 5.41) is 0.154. The Morgan fingerprint density at radius 2 is 2.22 bits per heavy atom. The fourth-order valence-electron chi connectivity index (χ4n) is 3.19. The van der Waals surface area contributed by atoms with Crippen LogP contribution in [0.4, 0.5) is 4.39 Å². The van der Waals surface area contributed by atoms with Gasteiger partial charge in [0.25, 0.3) is 0 Å². The molecule has 1 atom stereocenters. The van der Waals surface area contributed by atoms with E-state index in [0.29, 0.717) is 24.5 Å². The molecule has 1 saturated heterocycles. The number of rotatable bonds is 5. The predicted molar refractivity (Wildman–Crippen MR) is 88.3 cm³/mol. The highest BCUT2D eigenvalue weighted by atomic mass is 32.2. The van der Waals surface area contributed by atoms with E-state index in [9.17, 15) is 12.8 Å². The van der Waals surface area contributed by atoms with Crippen LogP contribution in [0.25, 0.3) is 10.9 Å². The summed E-state index contributed by atoms with van der Waals surface area (Å²) in [6, 6.07) is 4.54. The highest BCUT2D eigenvalue weighted by molar-refractivity contribution is 7.89. The van der Waals surface area contributed by atoms with Crippen LogP contribution in [0, 0.1) is 11.7 Å². The quantitative estimate of drug-likeness (QED) is 0.909. The van der Waals surface area contributed by atoms with E-state index < -0.39 is 15.8 Å². The molecule has 0 amide bonds. The molecule has 1 aromatic heterocycles. The molecule has 0 spiro atoms. The van der Waals surface area contributed by atoms with Crippen LogP contribution >= 0.6 is 0 Å². The number of hydrogen-bond acceptors (Lipinski definition) is 3. The van der Waals surface area contributed by atoms with Crippen LogP contribution < -0.4 is 0 Å². The topological polar surface area (TPSA) is 56.4 Å². The second-order valence-electron chi connectivity index (χ2n) is 6.19. The number of nitrogens with zero attached hydrogens (tertiary/aromatic N) is 2. The lowest BCUT2D eigenvalue weighted by Crippen LogP contribution is -2.31. The maximum absolute atomic E-state index is 14.1. The van der Waals surface area contributed by atoms with Crippen molar-refractivity contribution in [1.29, 1.82) is 0 Å². The lowest BCUT2D eigenvalue weighted by Gasteiger charge is -2.20. The molecule has 126 valence electrons. The van der Waals surface area contributed by atoms with Crippen molar-refractivity contribution in [3.63, 3.8) is 0 Å². The van der Waals surface area contributed by atoms with Gasteiger partial charge in [-0.3, -0.25) is 0 Å². The van der Waals surface area contributed by atoms with Gasteiger partial charge in [0.05, 0.1) is 5.39 Å². The molecule has 1 aliphatic heterocycles. The Morgan fingerprint density at radius 1 is 1.43 bits per heavy atom. The Kier molecular flexibility index (Phi) is 4.44. The number of hydrogen-bond donors (Lipinski definition) is 1. The molecular formula is C16H22FN3O2S. The normalized spacial score (nSPS) is 19.9. The van der Waals surface area contributed by atoms with Crippen LogP contribution in [0.1, 0.15) is 13.3 Å². The molecule has 2 aromatic rings. The summed E-state index contributed by atoms with van der Waals surface area (Å²) in [6.07, 6.45) is 2.24. The van der Waals surface area contributed by atoms with Gasteiger partial charge in [-0.2, -0.15) is 4.31 Å². The van der Waals surface area contributed by atoms with Gasteiger partial charge in [0.15, 0.2) is 0 Å². The third-order valence-corrected chi connectivity index (χ3v) is 6.48. The van der Waals surface area contributed by atoms with Gasteiger partial charge in [0.1, 0.15) is 10.7 Å². The Labute approximate surface area is 136 Å². The summed E-state index contributed by atoms with van der Waals surface area (Å²) in [6.45, 7) is 4.89. The minimum absolute atomic E-state index is 0.0371. The smallest absolute Gasteiger partial charge is 0.245 e. The molecular weight excluding hydrogens is 317 g/mol. The Hall–Kier alpha value is -1.44. The van der Waals surface area contributed by atoms with E-state index in [1.54, 1.807) is 12.1 Å². The van der Waals surface area contributed by atoms with Crippen molar-refractivity contribution in [2.45, 2.75) is 18.2 Å². The molecule has 0 radical (unpaired) electrons.